The Morgan fingerprint density at radius 1 is 0.657 bits per heavy atom. The Morgan fingerprint density at radius 2 is 1.20 bits per heavy atom. The standard InChI is InChI=1S/C18H16O4.C9H8O4/c19-16-10-8-15(13-17(16)20)9-11-18(21)22-12-4-7-14-5-2-1-3-6-14;10-7-3-1-6(5-8(7)11)2-4-9(12)13/h1-11,13,19-20H,12H2;1-5,10-11H,(H,12,13). The highest BCUT2D eigenvalue weighted by Gasteiger charge is 2.00. The van der Waals surface area contributed by atoms with Crippen LogP contribution in [0.2, 0.25) is 0 Å². The maximum absolute atomic E-state index is 11.5. The maximum Gasteiger partial charge on any atom is 0.331 e. The molecule has 3 aromatic carbocycles. The van der Waals surface area contributed by atoms with Crippen molar-refractivity contribution in [1.82, 2.24) is 0 Å². The van der Waals surface area contributed by atoms with Gasteiger partial charge in [-0.1, -0.05) is 48.5 Å². The average molecular weight is 476 g/mol. The zero-order chi connectivity index (χ0) is 25.6. The van der Waals surface area contributed by atoms with Gasteiger partial charge >= 0.3 is 11.9 Å². The first-order valence-corrected chi connectivity index (χ1v) is 10.3. The maximum atomic E-state index is 11.5. The van der Waals surface area contributed by atoms with Gasteiger partial charge in [-0.3, -0.25) is 0 Å². The monoisotopic (exact) mass is 476 g/mol. The van der Waals surface area contributed by atoms with Crippen molar-refractivity contribution in [2.24, 2.45) is 0 Å². The molecule has 0 aliphatic heterocycles. The normalized spacial score (nSPS) is 10.9. The number of esters is 1. The third-order valence-electron chi connectivity index (χ3n) is 4.26. The summed E-state index contributed by atoms with van der Waals surface area (Å²) in [6.07, 6.45) is 8.67. The van der Waals surface area contributed by atoms with Gasteiger partial charge in [-0.05, 0) is 59.2 Å². The molecule has 0 aliphatic rings. The highest BCUT2D eigenvalue weighted by atomic mass is 16.5. The molecule has 0 spiro atoms. The Kier molecular flexibility index (Phi) is 10.2. The lowest BCUT2D eigenvalue weighted by atomic mass is 10.2. The van der Waals surface area contributed by atoms with Crippen LogP contribution in [0.1, 0.15) is 16.7 Å². The van der Waals surface area contributed by atoms with Crippen LogP contribution in [0.25, 0.3) is 18.2 Å². The Morgan fingerprint density at radius 3 is 1.71 bits per heavy atom. The Balaban J connectivity index is 0.000000283. The first kappa shape index (κ1) is 26.3. The van der Waals surface area contributed by atoms with Crippen molar-refractivity contribution in [3.8, 4) is 23.0 Å². The van der Waals surface area contributed by atoms with Gasteiger partial charge in [0.1, 0.15) is 6.61 Å². The van der Waals surface area contributed by atoms with Crippen molar-refractivity contribution in [3.63, 3.8) is 0 Å². The number of phenolic OH excluding ortho intramolecular Hbond substituents is 4. The molecule has 0 saturated carbocycles. The molecule has 0 amide bonds. The summed E-state index contributed by atoms with van der Waals surface area (Å²) in [7, 11) is 0. The van der Waals surface area contributed by atoms with Gasteiger partial charge in [0, 0.05) is 12.2 Å². The van der Waals surface area contributed by atoms with Crippen molar-refractivity contribution in [3.05, 3.63) is 102 Å². The average Bonchev–Trinajstić information content (AvgIpc) is 2.84. The van der Waals surface area contributed by atoms with E-state index in [1.54, 1.807) is 12.1 Å². The quantitative estimate of drug-likeness (QED) is 0.190. The number of benzene rings is 3. The van der Waals surface area contributed by atoms with E-state index in [1.807, 2.05) is 36.4 Å². The van der Waals surface area contributed by atoms with E-state index in [-0.39, 0.29) is 29.6 Å². The van der Waals surface area contributed by atoms with E-state index in [4.69, 9.17) is 20.1 Å². The van der Waals surface area contributed by atoms with Crippen LogP contribution < -0.4 is 0 Å². The summed E-state index contributed by atoms with van der Waals surface area (Å²) in [5, 5.41) is 44.8. The summed E-state index contributed by atoms with van der Waals surface area (Å²) >= 11 is 0. The van der Waals surface area contributed by atoms with E-state index >= 15 is 0 Å². The predicted molar refractivity (Wildman–Crippen MR) is 132 cm³/mol. The molecule has 0 radical (unpaired) electrons. The topological polar surface area (TPSA) is 145 Å². The molecule has 3 rings (SSSR count). The van der Waals surface area contributed by atoms with Gasteiger partial charge in [0.25, 0.3) is 0 Å². The molecule has 0 atom stereocenters. The number of phenols is 4. The second kappa shape index (κ2) is 13.5. The van der Waals surface area contributed by atoms with Crippen LogP contribution in [0.15, 0.2) is 85.0 Å². The number of aliphatic carboxylic acids is 1. The fourth-order valence-corrected chi connectivity index (χ4v) is 2.55. The lowest BCUT2D eigenvalue weighted by molar-refractivity contribution is -0.136. The van der Waals surface area contributed by atoms with Gasteiger partial charge in [-0.15, -0.1) is 0 Å². The fourth-order valence-electron chi connectivity index (χ4n) is 2.55. The number of rotatable bonds is 7. The lowest BCUT2D eigenvalue weighted by Gasteiger charge is -1.99. The number of carbonyl (C=O) groups excluding carboxylic acids is 1. The largest absolute Gasteiger partial charge is 0.504 e. The Bertz CT molecular complexity index is 1230. The van der Waals surface area contributed by atoms with Crippen molar-refractivity contribution in [2.75, 3.05) is 6.61 Å². The van der Waals surface area contributed by atoms with Gasteiger partial charge in [0.15, 0.2) is 23.0 Å². The third kappa shape index (κ3) is 10.0. The third-order valence-corrected chi connectivity index (χ3v) is 4.26. The molecular weight excluding hydrogens is 452 g/mol. The number of hydrogen-bond donors (Lipinski definition) is 5. The molecule has 180 valence electrons. The second-order valence-electron chi connectivity index (χ2n) is 6.94. The molecule has 0 fully saturated rings. The molecule has 8 heteroatoms. The van der Waals surface area contributed by atoms with E-state index in [0.717, 1.165) is 11.6 Å². The van der Waals surface area contributed by atoms with Crippen molar-refractivity contribution in [1.29, 1.82) is 0 Å². The molecule has 0 aliphatic carbocycles. The van der Waals surface area contributed by atoms with Crippen molar-refractivity contribution < 1.29 is 39.9 Å². The number of hydrogen-bond acceptors (Lipinski definition) is 7. The zero-order valence-corrected chi connectivity index (χ0v) is 18.5. The van der Waals surface area contributed by atoms with Gasteiger partial charge in [0.05, 0.1) is 0 Å². The summed E-state index contributed by atoms with van der Waals surface area (Å²) in [4.78, 5) is 21.7. The van der Waals surface area contributed by atoms with E-state index < -0.39 is 11.9 Å². The molecule has 0 saturated heterocycles. The summed E-state index contributed by atoms with van der Waals surface area (Å²) in [5.74, 6) is -2.48. The minimum absolute atomic E-state index is 0.179. The second-order valence-corrected chi connectivity index (χ2v) is 6.94. The predicted octanol–water partition coefficient (Wildman–Crippen LogP) is 4.56. The summed E-state index contributed by atoms with van der Waals surface area (Å²) in [6.45, 7) is 0.179. The number of carboxylic acids is 1. The van der Waals surface area contributed by atoms with Crippen LogP contribution in [0.4, 0.5) is 0 Å². The minimum atomic E-state index is -1.06. The number of aromatic hydroxyl groups is 4. The molecule has 0 heterocycles. The van der Waals surface area contributed by atoms with E-state index in [0.29, 0.717) is 11.1 Å². The smallest absolute Gasteiger partial charge is 0.331 e. The molecule has 3 aromatic rings. The molecular formula is C27H24O8. The molecule has 35 heavy (non-hydrogen) atoms. The first-order chi connectivity index (χ1) is 16.7. The molecule has 0 unspecified atom stereocenters. The van der Waals surface area contributed by atoms with Crippen molar-refractivity contribution >= 4 is 30.2 Å². The van der Waals surface area contributed by atoms with Gasteiger partial charge in [-0.25, -0.2) is 9.59 Å². The summed E-state index contributed by atoms with van der Waals surface area (Å²) in [5.41, 5.74) is 2.14. The van der Waals surface area contributed by atoms with Crippen LogP contribution in [-0.4, -0.2) is 44.1 Å². The van der Waals surface area contributed by atoms with Crippen LogP contribution in [0, 0.1) is 0 Å². The van der Waals surface area contributed by atoms with Gasteiger partial charge < -0.3 is 30.3 Å². The fraction of sp³-hybridized carbons (Fsp3) is 0.0370. The van der Waals surface area contributed by atoms with Crippen LogP contribution in [0.3, 0.4) is 0 Å². The molecule has 8 nitrogen and oxygen atoms in total. The van der Waals surface area contributed by atoms with E-state index in [9.17, 15) is 19.8 Å². The summed E-state index contributed by atoms with van der Waals surface area (Å²) < 4.78 is 5.02. The van der Waals surface area contributed by atoms with Gasteiger partial charge in [0.2, 0.25) is 0 Å². The number of carbonyl (C=O) groups is 2. The summed E-state index contributed by atoms with van der Waals surface area (Å²) in [6, 6.07) is 18.0. The molecule has 0 bridgehead atoms. The number of ether oxygens (including phenoxy) is 1. The highest BCUT2D eigenvalue weighted by Crippen LogP contribution is 2.26. The lowest BCUT2D eigenvalue weighted by Crippen LogP contribution is -1.99. The first-order valence-electron chi connectivity index (χ1n) is 10.3. The molecule has 5 N–H and O–H groups in total. The van der Waals surface area contributed by atoms with Crippen LogP contribution in [0.5, 0.6) is 23.0 Å². The Labute approximate surface area is 201 Å². The number of carboxylic acid groups (broad SMARTS) is 1. The minimum Gasteiger partial charge on any atom is -0.504 e. The van der Waals surface area contributed by atoms with Crippen molar-refractivity contribution in [2.45, 2.75) is 0 Å². The zero-order valence-electron chi connectivity index (χ0n) is 18.5. The Hall–Kier alpha value is -4.98. The molecule has 0 aromatic heterocycles. The van der Waals surface area contributed by atoms with E-state index in [2.05, 4.69) is 0 Å². The van der Waals surface area contributed by atoms with Crippen LogP contribution >= 0.6 is 0 Å². The SMILES string of the molecule is O=C(C=Cc1ccc(O)c(O)c1)OCC=Cc1ccccc1.O=C(O)C=Cc1ccc(O)c(O)c1. The van der Waals surface area contributed by atoms with E-state index in [1.165, 1.54) is 48.6 Å². The van der Waals surface area contributed by atoms with Crippen LogP contribution in [-0.2, 0) is 14.3 Å². The van der Waals surface area contributed by atoms with Gasteiger partial charge in [-0.2, -0.15) is 0 Å². The highest BCUT2D eigenvalue weighted by molar-refractivity contribution is 5.87.